The Morgan fingerprint density at radius 3 is 2.44 bits per heavy atom. The third kappa shape index (κ3) is 4.69. The van der Waals surface area contributed by atoms with Crippen LogP contribution < -0.4 is 5.73 Å². The van der Waals surface area contributed by atoms with Crippen molar-refractivity contribution in [2.45, 2.75) is 25.9 Å². The number of benzene rings is 1. The maximum atomic E-state index is 6.12. The van der Waals surface area contributed by atoms with Crippen LogP contribution in [0.3, 0.4) is 0 Å². The van der Waals surface area contributed by atoms with E-state index in [-0.39, 0.29) is 12.1 Å². The van der Waals surface area contributed by atoms with Crippen molar-refractivity contribution in [1.82, 2.24) is 4.90 Å². The second-order valence-corrected chi connectivity index (χ2v) is 5.45. The molecular formula is C14H23BrN2O. The summed E-state index contributed by atoms with van der Waals surface area (Å²) in [6, 6.07) is 8.66. The van der Waals surface area contributed by atoms with E-state index < -0.39 is 0 Å². The van der Waals surface area contributed by atoms with Crippen molar-refractivity contribution >= 4 is 15.9 Å². The fourth-order valence-corrected chi connectivity index (χ4v) is 2.38. The highest BCUT2D eigenvalue weighted by molar-refractivity contribution is 9.10. The Hall–Kier alpha value is -0.420. The highest BCUT2D eigenvalue weighted by Gasteiger charge is 2.20. The molecule has 0 radical (unpaired) electrons. The molecule has 1 aromatic carbocycles. The Bertz CT molecular complexity index is 340. The van der Waals surface area contributed by atoms with Crippen LogP contribution in [-0.2, 0) is 4.74 Å². The Balaban J connectivity index is 2.72. The van der Waals surface area contributed by atoms with Crippen LogP contribution in [0.1, 0.15) is 25.5 Å². The van der Waals surface area contributed by atoms with E-state index in [2.05, 4.69) is 52.1 Å². The molecule has 3 nitrogen and oxygen atoms in total. The van der Waals surface area contributed by atoms with Crippen LogP contribution in [0.25, 0.3) is 0 Å². The van der Waals surface area contributed by atoms with E-state index in [9.17, 15) is 0 Å². The molecular weight excluding hydrogens is 292 g/mol. The first kappa shape index (κ1) is 15.6. The van der Waals surface area contributed by atoms with Gasteiger partial charge in [-0.1, -0.05) is 28.1 Å². The number of hydrogen-bond acceptors (Lipinski definition) is 3. The van der Waals surface area contributed by atoms with Crippen LogP contribution >= 0.6 is 15.9 Å². The second kappa shape index (κ2) is 7.89. The molecule has 0 aromatic heterocycles. The molecule has 0 amide bonds. The minimum Gasteiger partial charge on any atom is -0.380 e. The third-order valence-corrected chi connectivity index (χ3v) is 3.51. The zero-order valence-corrected chi connectivity index (χ0v) is 13.0. The summed E-state index contributed by atoms with van der Waals surface area (Å²) in [5.41, 5.74) is 7.36. The van der Waals surface area contributed by atoms with Gasteiger partial charge in [-0.15, -0.1) is 0 Å². The Morgan fingerprint density at radius 1 is 1.33 bits per heavy atom. The molecule has 1 aromatic rings. The molecule has 0 aliphatic heterocycles. The molecule has 102 valence electrons. The van der Waals surface area contributed by atoms with E-state index in [1.54, 1.807) is 0 Å². The second-order valence-electron chi connectivity index (χ2n) is 4.53. The molecule has 0 saturated carbocycles. The van der Waals surface area contributed by atoms with Crippen LogP contribution in [0.2, 0.25) is 0 Å². The molecule has 0 aliphatic carbocycles. The molecule has 0 bridgehead atoms. The van der Waals surface area contributed by atoms with E-state index in [0.29, 0.717) is 0 Å². The summed E-state index contributed by atoms with van der Waals surface area (Å²) in [6.45, 7) is 6.44. The van der Waals surface area contributed by atoms with Gasteiger partial charge in [0.1, 0.15) is 0 Å². The number of nitrogens with two attached hydrogens (primary N) is 1. The molecule has 0 heterocycles. The molecule has 0 aliphatic rings. The molecule has 1 rings (SSSR count). The van der Waals surface area contributed by atoms with E-state index in [1.807, 2.05) is 13.8 Å². The molecule has 0 fully saturated rings. The number of likely N-dealkylation sites (N-methyl/N-ethyl adjacent to an activating group) is 1. The summed E-state index contributed by atoms with van der Waals surface area (Å²) in [4.78, 5) is 2.25. The first-order valence-corrected chi connectivity index (χ1v) is 7.14. The topological polar surface area (TPSA) is 38.5 Å². The lowest BCUT2D eigenvalue weighted by atomic mass is 10.00. The van der Waals surface area contributed by atoms with E-state index >= 15 is 0 Å². The Kier molecular flexibility index (Phi) is 6.86. The molecule has 2 N–H and O–H groups in total. The summed E-state index contributed by atoms with van der Waals surface area (Å²) in [5, 5.41) is 0. The largest absolute Gasteiger partial charge is 0.380 e. The highest BCUT2D eigenvalue weighted by Crippen LogP contribution is 2.23. The van der Waals surface area contributed by atoms with Gasteiger partial charge in [-0.25, -0.2) is 0 Å². The number of rotatable bonds is 7. The zero-order valence-electron chi connectivity index (χ0n) is 11.4. The Morgan fingerprint density at radius 2 is 1.94 bits per heavy atom. The number of halogens is 1. The lowest BCUT2D eigenvalue weighted by Crippen LogP contribution is -2.38. The zero-order chi connectivity index (χ0) is 13.5. The molecule has 0 spiro atoms. The van der Waals surface area contributed by atoms with Crippen LogP contribution in [0.15, 0.2) is 28.7 Å². The summed E-state index contributed by atoms with van der Waals surface area (Å²) in [5.74, 6) is 0. The Labute approximate surface area is 118 Å². The van der Waals surface area contributed by atoms with Gasteiger partial charge < -0.3 is 10.5 Å². The number of ether oxygens (including phenoxy) is 1. The first-order valence-electron chi connectivity index (χ1n) is 6.35. The van der Waals surface area contributed by atoms with Crippen molar-refractivity contribution < 1.29 is 4.74 Å². The van der Waals surface area contributed by atoms with Crippen LogP contribution in [0.5, 0.6) is 0 Å². The van der Waals surface area contributed by atoms with Crippen LogP contribution in [0.4, 0.5) is 0 Å². The molecule has 2 unspecified atom stereocenters. The summed E-state index contributed by atoms with van der Waals surface area (Å²) >= 11 is 3.46. The quantitative estimate of drug-likeness (QED) is 0.786. The van der Waals surface area contributed by atoms with E-state index in [4.69, 9.17) is 10.5 Å². The lowest BCUT2D eigenvalue weighted by molar-refractivity contribution is 0.102. The standard InChI is InChI=1S/C14H23BrN2O/c1-4-18-10-9-17(3)14(11(2)16)12-5-7-13(15)8-6-12/h5-8,11,14H,4,9-10,16H2,1-3H3. The summed E-state index contributed by atoms with van der Waals surface area (Å²) in [7, 11) is 2.09. The molecule has 0 saturated heterocycles. The van der Waals surface area contributed by atoms with Gasteiger partial charge in [0.15, 0.2) is 0 Å². The predicted molar refractivity (Wildman–Crippen MR) is 79.7 cm³/mol. The molecule has 4 heteroatoms. The van der Waals surface area contributed by atoms with Crippen molar-refractivity contribution in [3.8, 4) is 0 Å². The fraction of sp³-hybridized carbons (Fsp3) is 0.571. The van der Waals surface area contributed by atoms with Gasteiger partial charge in [-0.05, 0) is 38.6 Å². The van der Waals surface area contributed by atoms with Gasteiger partial charge in [-0.2, -0.15) is 0 Å². The van der Waals surface area contributed by atoms with E-state index in [0.717, 1.165) is 24.2 Å². The minimum absolute atomic E-state index is 0.0813. The molecule has 18 heavy (non-hydrogen) atoms. The van der Waals surface area contributed by atoms with Crippen molar-refractivity contribution in [2.24, 2.45) is 5.73 Å². The van der Waals surface area contributed by atoms with Crippen molar-refractivity contribution in [1.29, 1.82) is 0 Å². The minimum atomic E-state index is 0.0813. The van der Waals surface area contributed by atoms with E-state index in [1.165, 1.54) is 5.56 Å². The van der Waals surface area contributed by atoms with Crippen LogP contribution in [-0.4, -0.2) is 37.7 Å². The van der Waals surface area contributed by atoms with Crippen molar-refractivity contribution in [3.05, 3.63) is 34.3 Å². The smallest absolute Gasteiger partial charge is 0.0593 e. The maximum Gasteiger partial charge on any atom is 0.0593 e. The normalized spacial score (nSPS) is 14.8. The van der Waals surface area contributed by atoms with Gasteiger partial charge in [0.2, 0.25) is 0 Å². The van der Waals surface area contributed by atoms with Gasteiger partial charge in [-0.3, -0.25) is 4.90 Å². The monoisotopic (exact) mass is 314 g/mol. The summed E-state index contributed by atoms with van der Waals surface area (Å²) < 4.78 is 6.49. The third-order valence-electron chi connectivity index (χ3n) is 2.98. The number of nitrogens with zero attached hydrogens (tertiary/aromatic N) is 1. The molecule has 2 atom stereocenters. The average molecular weight is 315 g/mol. The first-order chi connectivity index (χ1) is 8.56. The highest BCUT2D eigenvalue weighted by atomic mass is 79.9. The van der Waals surface area contributed by atoms with Gasteiger partial charge in [0, 0.05) is 29.7 Å². The van der Waals surface area contributed by atoms with Gasteiger partial charge >= 0.3 is 0 Å². The van der Waals surface area contributed by atoms with Gasteiger partial charge in [0.05, 0.1) is 6.61 Å². The maximum absolute atomic E-state index is 6.12. The van der Waals surface area contributed by atoms with Crippen LogP contribution in [0, 0.1) is 0 Å². The van der Waals surface area contributed by atoms with Gasteiger partial charge in [0.25, 0.3) is 0 Å². The predicted octanol–water partition coefficient (Wildman–Crippen LogP) is 2.81. The fourth-order valence-electron chi connectivity index (χ4n) is 2.11. The average Bonchev–Trinajstić information content (AvgIpc) is 2.32. The SMILES string of the molecule is CCOCCN(C)C(c1ccc(Br)cc1)C(C)N. The number of hydrogen-bond donors (Lipinski definition) is 1. The van der Waals surface area contributed by atoms with Crippen molar-refractivity contribution in [2.75, 3.05) is 26.8 Å². The summed E-state index contributed by atoms with van der Waals surface area (Å²) in [6.07, 6.45) is 0. The van der Waals surface area contributed by atoms with Crippen molar-refractivity contribution in [3.63, 3.8) is 0 Å². The lowest BCUT2D eigenvalue weighted by Gasteiger charge is -2.31.